The number of benzene rings is 2. The van der Waals surface area contributed by atoms with Gasteiger partial charge in [0.05, 0.1) is 0 Å². The van der Waals surface area contributed by atoms with Crippen molar-refractivity contribution in [2.45, 2.75) is 6.54 Å². The van der Waals surface area contributed by atoms with Gasteiger partial charge in [-0.2, -0.15) is 4.57 Å². The van der Waals surface area contributed by atoms with Crippen LogP contribution in [0.3, 0.4) is 0 Å². The summed E-state index contributed by atoms with van der Waals surface area (Å²) in [6, 6.07) is 20.0. The Kier molecular flexibility index (Phi) is 3.35. The van der Waals surface area contributed by atoms with Gasteiger partial charge in [0.1, 0.15) is 12.6 Å². The quantitative estimate of drug-likeness (QED) is 0.586. The summed E-state index contributed by atoms with van der Waals surface area (Å²) < 4.78 is 8.44. The standard InChI is InChI=1S/C18H13N3O3/c22-15-11-16(23)21-18(20(15)12-13-7-3-1-4-8-13)24-17(19-21)14-9-5-2-6-10-14/h1-11H,12H2/p+1. The van der Waals surface area contributed by atoms with Crippen LogP contribution in [0, 0.1) is 0 Å². The van der Waals surface area contributed by atoms with Crippen molar-refractivity contribution in [3.8, 4) is 17.3 Å². The maximum absolute atomic E-state index is 12.1. The van der Waals surface area contributed by atoms with E-state index in [9.17, 15) is 9.90 Å². The second-order valence-corrected chi connectivity index (χ2v) is 5.38. The van der Waals surface area contributed by atoms with E-state index in [1.165, 1.54) is 4.57 Å². The summed E-state index contributed by atoms with van der Waals surface area (Å²) in [5, 5.41) is 14.4. The summed E-state index contributed by atoms with van der Waals surface area (Å²) in [5.41, 5.74) is 1.28. The summed E-state index contributed by atoms with van der Waals surface area (Å²) in [7, 11) is 0. The molecular weight excluding hydrogens is 306 g/mol. The highest BCUT2D eigenvalue weighted by atomic mass is 16.4. The molecule has 0 aliphatic heterocycles. The van der Waals surface area contributed by atoms with Gasteiger partial charge < -0.3 is 9.52 Å². The first-order valence-electron chi connectivity index (χ1n) is 7.47. The Morgan fingerprint density at radius 2 is 1.71 bits per heavy atom. The van der Waals surface area contributed by atoms with Crippen LogP contribution in [0.5, 0.6) is 5.88 Å². The summed E-state index contributed by atoms with van der Waals surface area (Å²) in [6.45, 7) is 0.361. The van der Waals surface area contributed by atoms with Crippen molar-refractivity contribution in [1.82, 2.24) is 9.61 Å². The second kappa shape index (κ2) is 5.66. The van der Waals surface area contributed by atoms with E-state index in [-0.39, 0.29) is 11.7 Å². The van der Waals surface area contributed by atoms with Gasteiger partial charge in [-0.3, -0.25) is 0 Å². The average molecular weight is 320 g/mol. The maximum atomic E-state index is 12.1. The zero-order chi connectivity index (χ0) is 16.5. The lowest BCUT2D eigenvalue weighted by Gasteiger charge is -2.01. The fourth-order valence-corrected chi connectivity index (χ4v) is 2.56. The molecule has 0 saturated heterocycles. The monoisotopic (exact) mass is 320 g/mol. The Balaban J connectivity index is 1.90. The van der Waals surface area contributed by atoms with Gasteiger partial charge in [-0.05, 0) is 27.3 Å². The Hall–Kier alpha value is -3.41. The molecule has 0 aliphatic carbocycles. The van der Waals surface area contributed by atoms with E-state index in [1.807, 2.05) is 60.7 Å². The molecule has 0 unspecified atom stereocenters. The Morgan fingerprint density at radius 3 is 2.42 bits per heavy atom. The van der Waals surface area contributed by atoms with Crippen LogP contribution in [0.1, 0.15) is 5.56 Å². The second-order valence-electron chi connectivity index (χ2n) is 5.38. The molecule has 0 bridgehead atoms. The van der Waals surface area contributed by atoms with Crippen molar-refractivity contribution in [2.75, 3.05) is 0 Å². The first-order valence-corrected chi connectivity index (χ1v) is 7.47. The summed E-state index contributed by atoms with van der Waals surface area (Å²) >= 11 is 0. The minimum atomic E-state index is -0.447. The molecule has 6 nitrogen and oxygen atoms in total. The van der Waals surface area contributed by atoms with E-state index in [4.69, 9.17) is 4.42 Å². The van der Waals surface area contributed by atoms with E-state index in [0.29, 0.717) is 12.4 Å². The van der Waals surface area contributed by atoms with E-state index in [1.54, 1.807) is 0 Å². The van der Waals surface area contributed by atoms with Gasteiger partial charge in [0.2, 0.25) is 0 Å². The van der Waals surface area contributed by atoms with Crippen LogP contribution >= 0.6 is 0 Å². The largest absolute Gasteiger partial charge is 0.496 e. The molecule has 0 spiro atoms. The normalized spacial score (nSPS) is 11.0. The lowest BCUT2D eigenvalue weighted by Crippen LogP contribution is -2.39. The number of nitrogens with zero attached hydrogens (tertiary/aromatic N) is 3. The summed E-state index contributed by atoms with van der Waals surface area (Å²) in [6.07, 6.45) is 0. The first-order chi connectivity index (χ1) is 11.7. The molecule has 6 heteroatoms. The molecule has 4 rings (SSSR count). The predicted octanol–water partition coefficient (Wildman–Crippen LogP) is 2.00. The molecule has 1 N–H and O–H groups in total. The van der Waals surface area contributed by atoms with Crippen LogP contribution in [-0.2, 0) is 6.54 Å². The number of hydrogen-bond donors (Lipinski definition) is 1. The SMILES string of the molecule is O=c1cc(O)[n+](Cc2ccccc2)c2oc(-c3ccccc3)nn12. The van der Waals surface area contributed by atoms with E-state index >= 15 is 0 Å². The highest BCUT2D eigenvalue weighted by Crippen LogP contribution is 2.18. The third-order valence-corrected chi connectivity index (χ3v) is 3.73. The fourth-order valence-electron chi connectivity index (χ4n) is 2.56. The van der Waals surface area contributed by atoms with Crippen molar-refractivity contribution in [3.63, 3.8) is 0 Å². The van der Waals surface area contributed by atoms with Crippen LogP contribution in [-0.4, -0.2) is 14.7 Å². The molecule has 2 heterocycles. The van der Waals surface area contributed by atoms with Gasteiger partial charge in [0.15, 0.2) is 0 Å². The summed E-state index contributed by atoms with van der Waals surface area (Å²) in [4.78, 5) is 12.1. The van der Waals surface area contributed by atoms with Crippen molar-refractivity contribution in [2.24, 2.45) is 0 Å². The Morgan fingerprint density at radius 1 is 1.04 bits per heavy atom. The lowest BCUT2D eigenvalue weighted by atomic mass is 10.2. The highest BCUT2D eigenvalue weighted by molar-refractivity contribution is 5.53. The molecule has 0 amide bonds. The predicted molar refractivity (Wildman–Crippen MR) is 86.6 cm³/mol. The number of rotatable bonds is 3. The highest BCUT2D eigenvalue weighted by Gasteiger charge is 2.24. The van der Waals surface area contributed by atoms with Crippen molar-refractivity contribution in [1.29, 1.82) is 0 Å². The molecule has 0 aliphatic rings. The molecule has 24 heavy (non-hydrogen) atoms. The molecule has 2 aromatic carbocycles. The maximum Gasteiger partial charge on any atom is 0.496 e. The average Bonchev–Trinajstić information content (AvgIpc) is 3.06. The minimum absolute atomic E-state index is 0.167. The fraction of sp³-hybridized carbons (Fsp3) is 0.0556. The third kappa shape index (κ3) is 2.44. The van der Waals surface area contributed by atoms with Gasteiger partial charge in [-0.25, -0.2) is 4.79 Å². The van der Waals surface area contributed by atoms with Crippen molar-refractivity contribution in [3.05, 3.63) is 82.6 Å². The molecule has 118 valence electrons. The first kappa shape index (κ1) is 14.2. The molecular formula is C18H14N3O3+. The van der Waals surface area contributed by atoms with Crippen LogP contribution < -0.4 is 10.1 Å². The van der Waals surface area contributed by atoms with Crippen LogP contribution in [0.25, 0.3) is 17.3 Å². The molecule has 0 saturated carbocycles. The van der Waals surface area contributed by atoms with Gasteiger partial charge in [-0.1, -0.05) is 48.5 Å². The zero-order valence-corrected chi connectivity index (χ0v) is 12.7. The Bertz CT molecular complexity index is 1050. The number of aromatic hydroxyl groups is 1. The smallest absolute Gasteiger partial charge is 0.477 e. The van der Waals surface area contributed by atoms with Crippen molar-refractivity contribution < 1.29 is 14.1 Å². The number of hydrogen-bond acceptors (Lipinski definition) is 4. The van der Waals surface area contributed by atoms with Gasteiger partial charge in [-0.15, -0.1) is 0 Å². The third-order valence-electron chi connectivity index (χ3n) is 3.73. The summed E-state index contributed by atoms with van der Waals surface area (Å²) in [5.74, 6) is 0.336. The topological polar surface area (TPSA) is 71.6 Å². The van der Waals surface area contributed by atoms with Crippen LogP contribution in [0.2, 0.25) is 0 Å². The molecule has 4 aromatic rings. The van der Waals surface area contributed by atoms with Gasteiger partial charge in [0, 0.05) is 5.56 Å². The molecule has 0 fully saturated rings. The lowest BCUT2D eigenvalue weighted by molar-refractivity contribution is -0.678. The molecule has 2 aromatic heterocycles. The van der Waals surface area contributed by atoms with Crippen LogP contribution in [0.15, 0.2) is 75.9 Å². The minimum Gasteiger partial charge on any atom is -0.477 e. The molecule has 0 radical (unpaired) electrons. The van der Waals surface area contributed by atoms with Gasteiger partial charge in [0.25, 0.3) is 11.8 Å². The zero-order valence-electron chi connectivity index (χ0n) is 12.7. The number of fused-ring (bicyclic) bond motifs is 1. The van der Waals surface area contributed by atoms with E-state index in [0.717, 1.165) is 21.7 Å². The van der Waals surface area contributed by atoms with E-state index < -0.39 is 5.56 Å². The van der Waals surface area contributed by atoms with E-state index in [2.05, 4.69) is 5.10 Å². The van der Waals surface area contributed by atoms with Gasteiger partial charge >= 0.3 is 11.4 Å². The van der Waals surface area contributed by atoms with Crippen LogP contribution in [0.4, 0.5) is 0 Å². The Labute approximate surface area is 136 Å². The molecule has 0 atom stereocenters. The number of aromatic nitrogens is 3. The van der Waals surface area contributed by atoms with Crippen molar-refractivity contribution >= 4 is 5.84 Å².